The van der Waals surface area contributed by atoms with Crippen molar-refractivity contribution in [1.82, 2.24) is 20.1 Å². The predicted molar refractivity (Wildman–Crippen MR) is 141 cm³/mol. The zero-order chi connectivity index (χ0) is 30.8. The number of hydrogen-bond acceptors (Lipinski definition) is 6. The van der Waals surface area contributed by atoms with Gasteiger partial charge in [-0.15, -0.1) is 0 Å². The van der Waals surface area contributed by atoms with Crippen molar-refractivity contribution in [1.29, 1.82) is 0 Å². The van der Waals surface area contributed by atoms with Crippen LogP contribution in [0.3, 0.4) is 0 Å². The zero-order valence-electron chi connectivity index (χ0n) is 23.2. The molecule has 0 radical (unpaired) electrons. The van der Waals surface area contributed by atoms with Crippen molar-refractivity contribution in [3.8, 4) is 0 Å². The zero-order valence-corrected chi connectivity index (χ0v) is 23.2. The van der Waals surface area contributed by atoms with Gasteiger partial charge in [0, 0.05) is 44.3 Å². The minimum atomic E-state index is -4.45. The van der Waals surface area contributed by atoms with Gasteiger partial charge >= 0.3 is 6.18 Å². The lowest BCUT2D eigenvalue weighted by molar-refractivity contribution is -0.189. The normalized spacial score (nSPS) is 27.3. The van der Waals surface area contributed by atoms with Gasteiger partial charge in [0.1, 0.15) is 11.6 Å². The highest BCUT2D eigenvalue weighted by Crippen LogP contribution is 2.57. The molecule has 2 aromatic rings. The van der Waals surface area contributed by atoms with Crippen LogP contribution in [-0.4, -0.2) is 62.7 Å². The van der Waals surface area contributed by atoms with Crippen LogP contribution in [0.2, 0.25) is 0 Å². The number of pyridine rings is 1. The van der Waals surface area contributed by atoms with E-state index in [4.69, 9.17) is 0 Å². The fourth-order valence-corrected chi connectivity index (χ4v) is 7.15. The average Bonchev–Trinajstić information content (AvgIpc) is 3.27. The summed E-state index contributed by atoms with van der Waals surface area (Å²) in [6, 6.07) is 7.10. The molecule has 0 unspecified atom stereocenters. The van der Waals surface area contributed by atoms with Crippen LogP contribution in [0.25, 0.3) is 0 Å². The molecule has 13 heteroatoms. The molecular weight excluding hydrogens is 575 g/mol. The van der Waals surface area contributed by atoms with Crippen molar-refractivity contribution in [3.63, 3.8) is 0 Å². The first-order chi connectivity index (χ1) is 20.2. The first-order valence-electron chi connectivity index (χ1n) is 14.3. The lowest BCUT2D eigenvalue weighted by Crippen LogP contribution is -2.60. The minimum Gasteiger partial charge on any atom is -0.383 e. The van der Waals surface area contributed by atoms with Crippen molar-refractivity contribution in [2.75, 3.05) is 13.1 Å². The number of aromatic nitrogens is 1. The summed E-state index contributed by atoms with van der Waals surface area (Å²) in [6.07, 6.45) is -4.83. The lowest BCUT2D eigenvalue weighted by atomic mass is 9.58. The van der Waals surface area contributed by atoms with Gasteiger partial charge in [0.15, 0.2) is 0 Å². The highest BCUT2D eigenvalue weighted by Gasteiger charge is 2.59. The van der Waals surface area contributed by atoms with Crippen LogP contribution in [-0.2, 0) is 34.5 Å². The lowest BCUT2D eigenvalue weighted by Gasteiger charge is -2.56. The Kier molecular flexibility index (Phi) is 7.11. The monoisotopic (exact) mass is 606 g/mol. The molecule has 1 aliphatic carbocycles. The summed E-state index contributed by atoms with van der Waals surface area (Å²) in [4.78, 5) is 45.2. The third-order valence-electron chi connectivity index (χ3n) is 9.62. The quantitative estimate of drug-likeness (QED) is 0.401. The molecule has 4 aliphatic rings. The molecule has 2 atom stereocenters. The number of fused-ring (bicyclic) bond motifs is 1. The SMILES string of the molecule is O=C1CC[C@@H](N2Cc3nc([C@@]4(O)CCN(Cc5ccc(C(F)(F)F)cc5)CC45CCC(F)(F)CC5)ccc3C2=O)C(=O)N1. The number of piperidine rings is 2. The topological polar surface area (TPSA) is 103 Å². The number of imide groups is 1. The second-order valence-electron chi connectivity index (χ2n) is 12.2. The summed E-state index contributed by atoms with van der Waals surface area (Å²) in [5.41, 5.74) is -1.81. The number of hydrogen-bond donors (Lipinski definition) is 2. The first-order valence-corrected chi connectivity index (χ1v) is 14.3. The minimum absolute atomic E-state index is 0.00941. The molecule has 2 N–H and O–H groups in total. The number of nitrogens with zero attached hydrogens (tertiary/aromatic N) is 3. The summed E-state index contributed by atoms with van der Waals surface area (Å²) in [7, 11) is 0. The Labute approximate surface area is 244 Å². The summed E-state index contributed by atoms with van der Waals surface area (Å²) in [6.45, 7) is 0.880. The van der Waals surface area contributed by atoms with Crippen LogP contribution in [0.15, 0.2) is 36.4 Å². The molecule has 230 valence electrons. The second kappa shape index (κ2) is 10.3. The Bertz CT molecular complexity index is 1450. The van der Waals surface area contributed by atoms with E-state index in [2.05, 4.69) is 10.3 Å². The molecule has 6 rings (SSSR count). The van der Waals surface area contributed by atoms with Crippen LogP contribution in [0.1, 0.15) is 77.8 Å². The molecule has 1 saturated carbocycles. The first kappa shape index (κ1) is 29.6. The Hall–Kier alpha value is -3.45. The van der Waals surface area contributed by atoms with Gasteiger partial charge in [0.2, 0.25) is 17.7 Å². The maximum Gasteiger partial charge on any atom is 0.416 e. The number of rotatable bonds is 4. The summed E-state index contributed by atoms with van der Waals surface area (Å²) in [5, 5.41) is 14.6. The number of nitrogens with one attached hydrogen (secondary N) is 1. The summed E-state index contributed by atoms with van der Waals surface area (Å²) in [5.74, 6) is -4.24. The maximum atomic E-state index is 14.4. The van der Waals surface area contributed by atoms with E-state index in [0.717, 1.165) is 12.1 Å². The van der Waals surface area contributed by atoms with E-state index in [0.29, 0.717) is 24.3 Å². The van der Waals surface area contributed by atoms with Crippen molar-refractivity contribution in [2.24, 2.45) is 5.41 Å². The molecule has 3 amide bonds. The number of amides is 3. The molecule has 1 aromatic heterocycles. The smallest absolute Gasteiger partial charge is 0.383 e. The van der Waals surface area contributed by atoms with E-state index >= 15 is 0 Å². The van der Waals surface area contributed by atoms with E-state index in [1.807, 2.05) is 4.90 Å². The van der Waals surface area contributed by atoms with Crippen LogP contribution < -0.4 is 5.32 Å². The molecule has 4 heterocycles. The number of carbonyl (C=O) groups is 3. The Morgan fingerprint density at radius 1 is 0.977 bits per heavy atom. The molecule has 3 aliphatic heterocycles. The van der Waals surface area contributed by atoms with Gasteiger partial charge in [-0.1, -0.05) is 12.1 Å². The average molecular weight is 607 g/mol. The molecule has 2 saturated heterocycles. The van der Waals surface area contributed by atoms with Gasteiger partial charge in [-0.05, 0) is 55.5 Å². The summed E-state index contributed by atoms with van der Waals surface area (Å²) < 4.78 is 67.8. The van der Waals surface area contributed by atoms with Gasteiger partial charge in [-0.3, -0.25) is 29.6 Å². The van der Waals surface area contributed by atoms with Crippen LogP contribution in [0.4, 0.5) is 22.0 Å². The standard InChI is InChI=1S/C30H31F5N4O4/c31-28(32)11-9-27(10-12-28)17-38(15-18-1-3-19(4-2-18)30(33,34)35)14-13-29(27,43)23-7-5-20-21(36-23)16-39(26(20)42)22-6-8-24(40)37-25(22)41/h1-5,7,22,43H,6,8-17H2,(H,37,40,41)/t22-,29+/m1/s1. The Balaban J connectivity index is 1.26. The number of benzene rings is 1. The van der Waals surface area contributed by atoms with E-state index in [9.17, 15) is 41.4 Å². The molecule has 43 heavy (non-hydrogen) atoms. The van der Waals surface area contributed by atoms with E-state index in [1.54, 1.807) is 12.1 Å². The van der Waals surface area contributed by atoms with Crippen LogP contribution in [0.5, 0.6) is 0 Å². The summed E-state index contributed by atoms with van der Waals surface area (Å²) >= 11 is 0. The van der Waals surface area contributed by atoms with Crippen molar-refractivity contribution in [3.05, 3.63) is 64.5 Å². The van der Waals surface area contributed by atoms with Gasteiger partial charge in [0.25, 0.3) is 5.91 Å². The Morgan fingerprint density at radius 3 is 2.33 bits per heavy atom. The number of carbonyl (C=O) groups excluding carboxylic acids is 3. The number of aliphatic hydroxyl groups is 1. The number of alkyl halides is 5. The van der Waals surface area contributed by atoms with E-state index in [1.165, 1.54) is 17.0 Å². The molecular formula is C30H31F5N4O4. The molecule has 1 aromatic carbocycles. The highest BCUT2D eigenvalue weighted by atomic mass is 19.4. The number of likely N-dealkylation sites (tertiary alicyclic amines) is 1. The second-order valence-corrected chi connectivity index (χ2v) is 12.2. The molecule has 3 fully saturated rings. The van der Waals surface area contributed by atoms with Gasteiger partial charge in [-0.25, -0.2) is 8.78 Å². The van der Waals surface area contributed by atoms with Gasteiger partial charge in [0.05, 0.1) is 29.1 Å². The molecule has 1 spiro atoms. The van der Waals surface area contributed by atoms with Gasteiger partial charge < -0.3 is 10.0 Å². The maximum absolute atomic E-state index is 14.4. The van der Waals surface area contributed by atoms with Crippen molar-refractivity contribution in [2.45, 2.75) is 81.8 Å². The predicted octanol–water partition coefficient (Wildman–Crippen LogP) is 4.15. The van der Waals surface area contributed by atoms with Crippen molar-refractivity contribution < 1.29 is 41.4 Å². The van der Waals surface area contributed by atoms with E-state index < -0.39 is 65.3 Å². The van der Waals surface area contributed by atoms with E-state index in [-0.39, 0.29) is 56.5 Å². The van der Waals surface area contributed by atoms with Crippen LogP contribution >= 0.6 is 0 Å². The van der Waals surface area contributed by atoms with Crippen molar-refractivity contribution >= 4 is 17.7 Å². The third kappa shape index (κ3) is 5.30. The van der Waals surface area contributed by atoms with Crippen LogP contribution in [0, 0.1) is 5.41 Å². The molecule has 0 bridgehead atoms. The fraction of sp³-hybridized carbons (Fsp3) is 0.533. The fourth-order valence-electron chi connectivity index (χ4n) is 7.15. The number of halogens is 5. The third-order valence-corrected chi connectivity index (χ3v) is 9.62. The largest absolute Gasteiger partial charge is 0.416 e. The highest BCUT2D eigenvalue weighted by molar-refractivity contribution is 6.05. The molecule has 8 nitrogen and oxygen atoms in total. The van der Waals surface area contributed by atoms with Gasteiger partial charge in [-0.2, -0.15) is 13.2 Å². The Morgan fingerprint density at radius 2 is 1.67 bits per heavy atom.